The molecule has 4 fully saturated rings. The van der Waals surface area contributed by atoms with E-state index in [1.807, 2.05) is 0 Å². The maximum Gasteiger partial charge on any atom is 0.306 e. The number of esters is 4. The van der Waals surface area contributed by atoms with Gasteiger partial charge in [0.1, 0.15) is 18.3 Å². The zero-order valence-electron chi connectivity index (χ0n) is 30.1. The van der Waals surface area contributed by atoms with Gasteiger partial charge < -0.3 is 34.3 Å². The fraction of sp³-hybridized carbons (Fsp3) is 0.811. The number of methoxy groups -OCH3 is 1. The van der Waals surface area contributed by atoms with Gasteiger partial charge in [-0.3, -0.25) is 33.6 Å². The van der Waals surface area contributed by atoms with Crippen molar-refractivity contribution in [2.24, 2.45) is 46.3 Å². The fourth-order valence-electron chi connectivity index (χ4n) is 10.4. The molecule has 4 aliphatic carbocycles. The van der Waals surface area contributed by atoms with Crippen molar-refractivity contribution < 1.29 is 67.8 Å². The number of carbonyl (C=O) groups is 7. The number of carboxylic acid groups (broad SMARTS) is 3. The van der Waals surface area contributed by atoms with E-state index in [1.165, 1.54) is 7.11 Å². The van der Waals surface area contributed by atoms with Gasteiger partial charge in [0.2, 0.25) is 0 Å². The second kappa shape index (κ2) is 16.8. The van der Waals surface area contributed by atoms with E-state index in [4.69, 9.17) is 24.1 Å². The number of fused-ring (bicyclic) bond motifs is 5. The normalized spacial score (nSPS) is 34.4. The fourth-order valence-corrected chi connectivity index (χ4v) is 10.4. The van der Waals surface area contributed by atoms with Crippen LogP contribution >= 0.6 is 0 Å². The third-order valence-corrected chi connectivity index (χ3v) is 13.0. The van der Waals surface area contributed by atoms with Gasteiger partial charge in [0, 0.05) is 17.8 Å². The van der Waals surface area contributed by atoms with Gasteiger partial charge in [0.05, 0.1) is 45.6 Å². The standard InChI is InChI=1S/C37H54O14/c1-20(5-11-31(44)48-4)23-6-7-24-35-25(19-27(37(23,24)3)51-34(47)14-10-30(42)43)36(2)16-15-22(49-32(45)12-8-28(38)39)17-21(36)18-26(35)50-33(46)13-9-29(40)41/h20-27,35H,5-19H2,1-4H3,(H,38,39)(H,40,41)(H,42,43)/t20-,21-,22+,23+,24-,25-,26-,27-,35-,36+,37-/m1/s1. The maximum absolute atomic E-state index is 13.2. The summed E-state index contributed by atoms with van der Waals surface area (Å²) in [4.78, 5) is 84.6. The van der Waals surface area contributed by atoms with Crippen LogP contribution in [0.2, 0.25) is 0 Å². The van der Waals surface area contributed by atoms with E-state index in [1.54, 1.807) is 0 Å². The molecule has 0 saturated heterocycles. The van der Waals surface area contributed by atoms with Crippen LogP contribution in [0.25, 0.3) is 0 Å². The molecule has 3 N–H and O–H groups in total. The van der Waals surface area contributed by atoms with Gasteiger partial charge in [-0.1, -0.05) is 20.8 Å². The van der Waals surface area contributed by atoms with Gasteiger partial charge in [-0.15, -0.1) is 0 Å². The highest BCUT2D eigenvalue weighted by atomic mass is 16.6. The van der Waals surface area contributed by atoms with E-state index < -0.39 is 59.5 Å². The van der Waals surface area contributed by atoms with Crippen molar-refractivity contribution in [3.63, 3.8) is 0 Å². The smallest absolute Gasteiger partial charge is 0.306 e. The molecule has 51 heavy (non-hydrogen) atoms. The summed E-state index contributed by atoms with van der Waals surface area (Å²) < 4.78 is 23.1. The van der Waals surface area contributed by atoms with E-state index in [0.29, 0.717) is 38.5 Å². The van der Waals surface area contributed by atoms with Crippen LogP contribution in [0.15, 0.2) is 0 Å². The topological polar surface area (TPSA) is 217 Å². The zero-order valence-corrected chi connectivity index (χ0v) is 30.1. The lowest BCUT2D eigenvalue weighted by Crippen LogP contribution is -2.63. The number of carbonyl (C=O) groups excluding carboxylic acids is 4. The number of carboxylic acids is 3. The Kier molecular flexibility index (Phi) is 13.2. The molecule has 0 aromatic carbocycles. The Morgan fingerprint density at radius 1 is 0.667 bits per heavy atom. The molecule has 286 valence electrons. The van der Waals surface area contributed by atoms with Crippen LogP contribution in [0.5, 0.6) is 0 Å². The van der Waals surface area contributed by atoms with Crippen LogP contribution in [-0.4, -0.2) is 82.5 Å². The Morgan fingerprint density at radius 3 is 1.80 bits per heavy atom. The molecule has 0 aromatic heterocycles. The maximum atomic E-state index is 13.2. The third kappa shape index (κ3) is 9.21. The summed E-state index contributed by atoms with van der Waals surface area (Å²) in [6, 6.07) is 0. The molecule has 0 bridgehead atoms. The van der Waals surface area contributed by atoms with Crippen molar-refractivity contribution in [2.75, 3.05) is 7.11 Å². The molecule has 4 aliphatic rings. The number of rotatable bonds is 16. The molecule has 0 unspecified atom stereocenters. The van der Waals surface area contributed by atoms with Crippen molar-refractivity contribution in [3.05, 3.63) is 0 Å². The van der Waals surface area contributed by atoms with Crippen molar-refractivity contribution in [1.29, 1.82) is 0 Å². The largest absolute Gasteiger partial charge is 0.481 e. The predicted octanol–water partition coefficient (Wildman–Crippen LogP) is 4.78. The highest BCUT2D eigenvalue weighted by molar-refractivity contribution is 5.78. The molecule has 0 aromatic rings. The first-order valence-corrected chi connectivity index (χ1v) is 18.3. The lowest BCUT2D eigenvalue weighted by molar-refractivity contribution is -0.226. The Bertz CT molecular complexity index is 1340. The second-order valence-corrected chi connectivity index (χ2v) is 15.7. The molecule has 0 spiro atoms. The first kappa shape index (κ1) is 40.1. The SMILES string of the molecule is COC(=O)CC[C@@H](C)[C@@H]1CC[C@@H]2[C@@H]3[C@@H](C[C@@H](OC(=O)CCC(=O)O)[C@@]21C)[C@@]1(C)CC[C@H](OC(=O)CCC(=O)O)C[C@@H]1C[C@H]3OC(=O)CCC(=O)O. The van der Waals surface area contributed by atoms with Crippen LogP contribution in [0.1, 0.15) is 117 Å². The summed E-state index contributed by atoms with van der Waals surface area (Å²) in [5.74, 6) is -5.74. The van der Waals surface area contributed by atoms with E-state index >= 15 is 0 Å². The van der Waals surface area contributed by atoms with E-state index in [9.17, 15) is 43.8 Å². The van der Waals surface area contributed by atoms with Crippen molar-refractivity contribution in [1.82, 2.24) is 0 Å². The molecule has 4 rings (SSSR count). The van der Waals surface area contributed by atoms with Crippen molar-refractivity contribution in [2.45, 2.75) is 135 Å². The zero-order chi connectivity index (χ0) is 37.7. The molecule has 4 saturated carbocycles. The lowest BCUT2D eigenvalue weighted by Gasteiger charge is -2.64. The molecule has 0 amide bonds. The van der Waals surface area contributed by atoms with Gasteiger partial charge in [-0.25, -0.2) is 0 Å². The average Bonchev–Trinajstić information content (AvgIpc) is 3.43. The number of hydrogen-bond acceptors (Lipinski definition) is 11. The summed E-state index contributed by atoms with van der Waals surface area (Å²) in [5.41, 5.74) is -0.929. The van der Waals surface area contributed by atoms with E-state index in [-0.39, 0.29) is 91.8 Å². The van der Waals surface area contributed by atoms with Gasteiger partial charge in [0.25, 0.3) is 0 Å². The quantitative estimate of drug-likeness (QED) is 0.144. The Morgan fingerprint density at radius 2 is 1.24 bits per heavy atom. The molecular formula is C37H54O14. The average molecular weight is 723 g/mol. The number of aliphatic carboxylic acids is 3. The predicted molar refractivity (Wildman–Crippen MR) is 177 cm³/mol. The van der Waals surface area contributed by atoms with Crippen LogP contribution in [0, 0.1) is 46.3 Å². The van der Waals surface area contributed by atoms with Crippen LogP contribution in [-0.2, 0) is 52.5 Å². The van der Waals surface area contributed by atoms with Crippen LogP contribution in [0.3, 0.4) is 0 Å². The second-order valence-electron chi connectivity index (χ2n) is 15.7. The summed E-state index contributed by atoms with van der Waals surface area (Å²) >= 11 is 0. The molecule has 14 nitrogen and oxygen atoms in total. The minimum atomic E-state index is -1.11. The van der Waals surface area contributed by atoms with Crippen LogP contribution in [0.4, 0.5) is 0 Å². The van der Waals surface area contributed by atoms with E-state index in [0.717, 1.165) is 12.8 Å². The van der Waals surface area contributed by atoms with Gasteiger partial charge in [-0.2, -0.15) is 0 Å². The first-order chi connectivity index (χ1) is 24.0. The molecular weight excluding hydrogens is 668 g/mol. The monoisotopic (exact) mass is 722 g/mol. The molecule has 0 aliphatic heterocycles. The Labute approximate surface area is 298 Å². The van der Waals surface area contributed by atoms with Gasteiger partial charge >= 0.3 is 41.8 Å². The highest BCUT2D eigenvalue weighted by Gasteiger charge is 2.67. The summed E-state index contributed by atoms with van der Waals surface area (Å²) in [5, 5.41) is 27.5. The third-order valence-electron chi connectivity index (χ3n) is 13.0. The summed E-state index contributed by atoms with van der Waals surface area (Å²) in [7, 11) is 1.35. The van der Waals surface area contributed by atoms with Crippen LogP contribution < -0.4 is 0 Å². The van der Waals surface area contributed by atoms with E-state index in [2.05, 4.69) is 20.8 Å². The Hall–Kier alpha value is -3.71. The summed E-state index contributed by atoms with van der Waals surface area (Å²) in [6.07, 6.45) is 1.45. The number of ether oxygens (including phenoxy) is 4. The first-order valence-electron chi connectivity index (χ1n) is 18.3. The molecule has 14 heteroatoms. The van der Waals surface area contributed by atoms with Gasteiger partial charge in [0.15, 0.2) is 0 Å². The molecule has 0 heterocycles. The molecule has 0 radical (unpaired) electrons. The lowest BCUT2D eigenvalue weighted by atomic mass is 9.43. The summed E-state index contributed by atoms with van der Waals surface area (Å²) in [6.45, 7) is 6.38. The number of hydrogen-bond donors (Lipinski definition) is 3. The van der Waals surface area contributed by atoms with Crippen molar-refractivity contribution in [3.8, 4) is 0 Å². The van der Waals surface area contributed by atoms with Crippen molar-refractivity contribution >= 4 is 41.8 Å². The minimum absolute atomic E-state index is 0.0280. The highest BCUT2D eigenvalue weighted by Crippen LogP contribution is 2.69. The van der Waals surface area contributed by atoms with Gasteiger partial charge in [-0.05, 0) is 86.4 Å². The molecule has 11 atom stereocenters. The minimum Gasteiger partial charge on any atom is -0.481 e. The Balaban J connectivity index is 1.69.